The lowest BCUT2D eigenvalue weighted by molar-refractivity contribution is -0.132. The van der Waals surface area contributed by atoms with Crippen molar-refractivity contribution in [3.8, 4) is 6.07 Å². The van der Waals surface area contributed by atoms with Crippen molar-refractivity contribution in [2.24, 2.45) is 10.9 Å². The molecule has 8 nitrogen and oxygen atoms in total. The Bertz CT molecular complexity index is 1840. The summed E-state index contributed by atoms with van der Waals surface area (Å²) in [6.45, 7) is 11.5. The largest absolute Gasteiger partial charge is 0.475 e. The number of ether oxygens (including phenoxy) is 1. The molecular weight excluding hydrogens is 629 g/mol. The van der Waals surface area contributed by atoms with Gasteiger partial charge in [0.25, 0.3) is 5.91 Å². The second-order valence-corrected chi connectivity index (χ2v) is 12.5. The van der Waals surface area contributed by atoms with Gasteiger partial charge in [0.2, 0.25) is 12.4 Å². The number of alkyl halides is 1. The van der Waals surface area contributed by atoms with Crippen LogP contribution in [0.1, 0.15) is 12.0 Å². The molecule has 242 valence electrons. The number of rotatable bonds is 6. The number of allylic oxidation sites excluding steroid dienone is 2. The molecule has 5 atom stereocenters. The smallest absolute Gasteiger partial charge is 0.282 e. The molecule has 0 saturated carbocycles. The number of hydrogen-bond donors (Lipinski definition) is 0. The highest BCUT2D eigenvalue weighted by atomic mass is 35.5. The number of likely N-dealkylation sites (tertiary alicyclic amines) is 1. The number of carbonyl (C=O) groups is 1. The summed E-state index contributed by atoms with van der Waals surface area (Å²) in [4.78, 5) is 26.1. The minimum Gasteiger partial charge on any atom is -0.475 e. The van der Waals surface area contributed by atoms with Crippen LogP contribution < -0.4 is 0 Å². The third-order valence-corrected chi connectivity index (χ3v) is 9.65. The van der Waals surface area contributed by atoms with E-state index in [1.807, 2.05) is 53.3 Å². The normalized spacial score (nSPS) is 26.0. The molecule has 4 aliphatic rings. The average molecular weight is 661 g/mol. The van der Waals surface area contributed by atoms with Gasteiger partial charge < -0.3 is 19.4 Å². The van der Waals surface area contributed by atoms with Crippen LogP contribution in [0.3, 0.4) is 0 Å². The number of benzene rings is 2. The van der Waals surface area contributed by atoms with Gasteiger partial charge in [-0.3, -0.25) is 9.69 Å². The second kappa shape index (κ2) is 13.3. The van der Waals surface area contributed by atoms with Crippen molar-refractivity contribution >= 4 is 39.8 Å². The van der Waals surface area contributed by atoms with E-state index in [0.717, 1.165) is 11.0 Å². The van der Waals surface area contributed by atoms with E-state index < -0.39 is 41.7 Å². The number of nitriles is 1. The molecule has 3 aliphatic heterocycles. The number of hydrogen-bond acceptors (Lipinski definition) is 6. The van der Waals surface area contributed by atoms with E-state index in [9.17, 15) is 23.2 Å². The fourth-order valence-corrected chi connectivity index (χ4v) is 7.24. The summed E-state index contributed by atoms with van der Waals surface area (Å²) in [7, 11) is 1.82. The molecule has 2 aromatic rings. The molecule has 12 heteroatoms. The van der Waals surface area contributed by atoms with Crippen molar-refractivity contribution < 1.29 is 22.7 Å². The number of carbonyl (C=O) groups excluding carboxylic acids is 1. The number of likely N-dealkylation sites (N-methyl/N-ethyl adjacent to an activating group) is 1. The Hall–Kier alpha value is -4.58. The van der Waals surface area contributed by atoms with Crippen LogP contribution in [0.5, 0.6) is 0 Å². The minimum atomic E-state index is -1.10. The first-order valence-electron chi connectivity index (χ1n) is 15.3. The van der Waals surface area contributed by atoms with Gasteiger partial charge in [0.05, 0.1) is 11.1 Å². The first kappa shape index (κ1) is 32.4. The van der Waals surface area contributed by atoms with E-state index in [4.69, 9.17) is 27.9 Å². The molecule has 0 bridgehead atoms. The maximum atomic E-state index is 14.6. The van der Waals surface area contributed by atoms with Gasteiger partial charge in [-0.05, 0) is 36.1 Å². The molecule has 0 spiro atoms. The Morgan fingerprint density at radius 3 is 2.77 bits per heavy atom. The summed E-state index contributed by atoms with van der Waals surface area (Å²) < 4.78 is 48.8. The Kier molecular flexibility index (Phi) is 9.14. The number of nitrogens with zero attached hydrogens (tertiary/aromatic N) is 6. The summed E-state index contributed by atoms with van der Waals surface area (Å²) in [5, 5.41) is 11.8. The monoisotopic (exact) mass is 660 g/mol. The fraction of sp³-hybridized carbons (Fsp3) is 0.371. The molecule has 2 unspecified atom stereocenters. The third kappa shape index (κ3) is 6.14. The first-order valence-corrected chi connectivity index (χ1v) is 15.7. The zero-order valence-electron chi connectivity index (χ0n) is 25.7. The number of dihydropyridines is 1. The summed E-state index contributed by atoms with van der Waals surface area (Å²) in [6, 6.07) is 9.47. The van der Waals surface area contributed by atoms with Crippen molar-refractivity contribution in [3.63, 3.8) is 0 Å². The Morgan fingerprint density at radius 2 is 2.06 bits per heavy atom. The highest BCUT2D eigenvalue weighted by Gasteiger charge is 2.42. The van der Waals surface area contributed by atoms with Crippen LogP contribution in [-0.2, 0) is 9.53 Å². The van der Waals surface area contributed by atoms with Crippen LogP contribution in [0.4, 0.5) is 13.2 Å². The minimum absolute atomic E-state index is 0.0131. The van der Waals surface area contributed by atoms with Crippen LogP contribution in [0.25, 0.3) is 21.2 Å². The van der Waals surface area contributed by atoms with Crippen LogP contribution in [0.2, 0.25) is 5.02 Å². The van der Waals surface area contributed by atoms with Crippen LogP contribution in [0.15, 0.2) is 77.2 Å². The van der Waals surface area contributed by atoms with Crippen LogP contribution >= 0.6 is 11.6 Å². The summed E-state index contributed by atoms with van der Waals surface area (Å²) in [6.07, 6.45) is 5.08. The third-order valence-electron chi connectivity index (χ3n) is 9.28. The molecule has 2 saturated heterocycles. The maximum absolute atomic E-state index is 14.6. The SMILES string of the molecule is [C-]#[N+]C[C@H]1CN(C2=C(C#N)C(OC[C@@H]3C[C@@H](F)CN3C)=NC3C=C(c4cccc5ccc(F)c(Cl)c45)C=CC23)CCN1C(=O)C(=C)F. The van der Waals surface area contributed by atoms with Crippen molar-refractivity contribution in [1.29, 1.82) is 5.26 Å². The number of aliphatic imine (C=N–C) groups is 1. The molecule has 0 aromatic heterocycles. The van der Waals surface area contributed by atoms with Gasteiger partial charge in [0, 0.05) is 49.2 Å². The lowest BCUT2D eigenvalue weighted by Gasteiger charge is -2.44. The second-order valence-electron chi connectivity index (χ2n) is 12.2. The van der Waals surface area contributed by atoms with E-state index in [2.05, 4.69) is 17.5 Å². The number of halogens is 4. The summed E-state index contributed by atoms with van der Waals surface area (Å²) >= 11 is 6.46. The van der Waals surface area contributed by atoms with Crippen molar-refractivity contribution in [3.05, 3.63) is 100 Å². The quantitative estimate of drug-likeness (QED) is 0.292. The molecule has 2 fully saturated rings. The molecule has 0 N–H and O–H groups in total. The first-order chi connectivity index (χ1) is 22.6. The maximum Gasteiger partial charge on any atom is 0.282 e. The fourth-order valence-electron chi connectivity index (χ4n) is 6.96. The average Bonchev–Trinajstić information content (AvgIpc) is 3.39. The molecule has 2 aromatic carbocycles. The predicted molar refractivity (Wildman–Crippen MR) is 174 cm³/mol. The van der Waals surface area contributed by atoms with Gasteiger partial charge in [0.1, 0.15) is 36.3 Å². The highest BCUT2D eigenvalue weighted by molar-refractivity contribution is 6.36. The number of piperazine rings is 1. The van der Waals surface area contributed by atoms with Gasteiger partial charge in [-0.1, -0.05) is 60.7 Å². The summed E-state index contributed by atoms with van der Waals surface area (Å²) in [5.74, 6) is -2.79. The Labute approximate surface area is 276 Å². The van der Waals surface area contributed by atoms with Crippen LogP contribution in [-0.4, -0.2) is 97.2 Å². The molecular formula is C35H32ClF3N6O2. The molecule has 0 radical (unpaired) electrons. The van der Waals surface area contributed by atoms with E-state index in [1.165, 1.54) is 11.0 Å². The molecule has 1 aliphatic carbocycles. The molecule has 1 amide bonds. The van der Waals surface area contributed by atoms with Crippen LogP contribution in [0, 0.1) is 29.6 Å². The zero-order valence-corrected chi connectivity index (χ0v) is 26.4. The molecule has 47 heavy (non-hydrogen) atoms. The molecule has 3 heterocycles. The van der Waals surface area contributed by atoms with Crippen molar-refractivity contribution in [2.45, 2.75) is 30.7 Å². The predicted octanol–water partition coefficient (Wildman–Crippen LogP) is 5.73. The standard InChI is InChI=1S/C35H32ClF3N6O2/c1-20(37)35(46)45-12-11-44(18-25(45)16-41-2)33-27-9-7-22(26-6-4-5-21-8-10-29(39)32(36)31(21)26)13-30(27)42-34(28(33)15-40)47-19-24-14-23(38)17-43(24)3/h4-10,13,23-25,27,30H,1,11-12,14,16-19H2,3H3/t23-,24+,25+,27?,30?/m1/s1. The van der Waals surface area contributed by atoms with Crippen molar-refractivity contribution in [1.82, 2.24) is 14.7 Å². The van der Waals surface area contributed by atoms with E-state index in [-0.39, 0.29) is 55.3 Å². The van der Waals surface area contributed by atoms with Gasteiger partial charge in [-0.25, -0.2) is 24.7 Å². The zero-order chi connectivity index (χ0) is 33.4. The van der Waals surface area contributed by atoms with E-state index in [0.29, 0.717) is 29.6 Å². The van der Waals surface area contributed by atoms with Gasteiger partial charge >= 0.3 is 0 Å². The summed E-state index contributed by atoms with van der Waals surface area (Å²) in [5.41, 5.74) is 2.29. The van der Waals surface area contributed by atoms with E-state index in [1.54, 1.807) is 6.07 Å². The Morgan fingerprint density at radius 1 is 1.26 bits per heavy atom. The number of fused-ring (bicyclic) bond motifs is 2. The lowest BCUT2D eigenvalue weighted by Crippen LogP contribution is -2.57. The van der Waals surface area contributed by atoms with Gasteiger partial charge in [0.15, 0.2) is 5.83 Å². The van der Waals surface area contributed by atoms with E-state index >= 15 is 0 Å². The van der Waals surface area contributed by atoms with Gasteiger partial charge in [-0.15, -0.1) is 0 Å². The molecule has 6 rings (SSSR count). The number of amides is 1. The highest BCUT2D eigenvalue weighted by Crippen LogP contribution is 2.41. The lowest BCUT2D eigenvalue weighted by atomic mass is 9.82. The Balaban J connectivity index is 1.40. The topological polar surface area (TPSA) is 76.5 Å². The van der Waals surface area contributed by atoms with Crippen molar-refractivity contribution in [2.75, 3.05) is 46.4 Å². The van der Waals surface area contributed by atoms with Gasteiger partial charge in [-0.2, -0.15) is 5.26 Å².